The van der Waals surface area contributed by atoms with Crippen LogP contribution in [0.4, 0.5) is 0 Å². The van der Waals surface area contributed by atoms with Crippen LogP contribution in [0, 0.1) is 11.3 Å². The number of ether oxygens (including phenoxy) is 1. The van der Waals surface area contributed by atoms with Gasteiger partial charge < -0.3 is 15.6 Å². The molecule has 7 heteroatoms. The van der Waals surface area contributed by atoms with E-state index in [-0.39, 0.29) is 19.6 Å². The zero-order valence-corrected chi connectivity index (χ0v) is 11.0. The van der Waals surface area contributed by atoms with Gasteiger partial charge in [-0.1, -0.05) is 6.07 Å². The third-order valence-electron chi connectivity index (χ3n) is 2.53. The van der Waals surface area contributed by atoms with Crippen molar-refractivity contribution in [3.63, 3.8) is 0 Å². The van der Waals surface area contributed by atoms with Crippen molar-refractivity contribution in [1.82, 2.24) is 4.90 Å². The number of nitriles is 1. The second-order valence-corrected chi connectivity index (χ2v) is 4.15. The summed E-state index contributed by atoms with van der Waals surface area (Å²) < 4.78 is 5.02. The van der Waals surface area contributed by atoms with E-state index in [2.05, 4.69) is 0 Å². The molecule has 0 aliphatic heterocycles. The largest absolute Gasteiger partial charge is 0.495 e. The van der Waals surface area contributed by atoms with E-state index < -0.39 is 11.9 Å². The highest BCUT2D eigenvalue weighted by Crippen LogP contribution is 2.19. The second-order valence-electron chi connectivity index (χ2n) is 4.15. The van der Waals surface area contributed by atoms with Crippen LogP contribution in [0.15, 0.2) is 18.2 Å². The van der Waals surface area contributed by atoms with Gasteiger partial charge in [-0.25, -0.2) is 0 Å². The highest BCUT2D eigenvalue weighted by molar-refractivity contribution is 5.77. The number of primary amides is 1. The number of amides is 1. The van der Waals surface area contributed by atoms with Gasteiger partial charge in [-0.05, 0) is 17.7 Å². The molecule has 0 saturated heterocycles. The highest BCUT2D eigenvalue weighted by Gasteiger charge is 2.14. The first-order valence-electron chi connectivity index (χ1n) is 5.75. The van der Waals surface area contributed by atoms with E-state index in [1.54, 1.807) is 18.2 Å². The molecular weight excluding hydrogens is 262 g/mol. The van der Waals surface area contributed by atoms with Crippen LogP contribution in [-0.4, -0.2) is 42.1 Å². The number of aliphatic carboxylic acids is 1. The summed E-state index contributed by atoms with van der Waals surface area (Å²) in [5.74, 6) is -1.23. The Morgan fingerprint density at radius 2 is 2.15 bits per heavy atom. The summed E-state index contributed by atoms with van der Waals surface area (Å²) in [4.78, 5) is 23.0. The fraction of sp³-hybridized carbons (Fsp3) is 0.308. The molecular formula is C13H15N3O4. The van der Waals surface area contributed by atoms with Crippen LogP contribution in [0.1, 0.15) is 11.1 Å². The zero-order chi connectivity index (χ0) is 15.1. The van der Waals surface area contributed by atoms with Crippen LogP contribution < -0.4 is 10.5 Å². The third-order valence-corrected chi connectivity index (χ3v) is 2.53. The Balaban J connectivity index is 2.90. The number of benzene rings is 1. The first-order valence-corrected chi connectivity index (χ1v) is 5.75. The van der Waals surface area contributed by atoms with Gasteiger partial charge in [0.25, 0.3) is 0 Å². The van der Waals surface area contributed by atoms with Crippen molar-refractivity contribution >= 4 is 11.9 Å². The monoisotopic (exact) mass is 277 g/mol. The minimum atomic E-state index is -1.06. The SMILES string of the molecule is COc1ccc(CN(CC(N)=O)CC(=O)O)cc1C#N. The van der Waals surface area contributed by atoms with Crippen molar-refractivity contribution in [2.75, 3.05) is 20.2 Å². The number of carbonyl (C=O) groups excluding carboxylic acids is 1. The molecule has 1 amide bonds. The molecule has 0 fully saturated rings. The van der Waals surface area contributed by atoms with Gasteiger partial charge in [0.2, 0.25) is 5.91 Å². The van der Waals surface area contributed by atoms with E-state index in [0.29, 0.717) is 16.9 Å². The fourth-order valence-corrected chi connectivity index (χ4v) is 1.78. The molecule has 20 heavy (non-hydrogen) atoms. The van der Waals surface area contributed by atoms with Gasteiger partial charge in [0, 0.05) is 6.54 Å². The third kappa shape index (κ3) is 4.59. The summed E-state index contributed by atoms with van der Waals surface area (Å²) in [5.41, 5.74) is 6.12. The maximum Gasteiger partial charge on any atom is 0.317 e. The molecule has 0 atom stereocenters. The van der Waals surface area contributed by atoms with Crippen LogP contribution in [0.25, 0.3) is 0 Å². The van der Waals surface area contributed by atoms with Gasteiger partial charge in [-0.3, -0.25) is 14.5 Å². The van der Waals surface area contributed by atoms with E-state index in [4.69, 9.17) is 20.8 Å². The molecule has 0 spiro atoms. The quantitative estimate of drug-likeness (QED) is 0.721. The van der Waals surface area contributed by atoms with Crippen molar-refractivity contribution in [3.8, 4) is 11.8 Å². The molecule has 1 aromatic carbocycles. The Labute approximate surface area is 116 Å². The molecule has 0 aliphatic rings. The molecule has 0 heterocycles. The van der Waals surface area contributed by atoms with Crippen LogP contribution in [-0.2, 0) is 16.1 Å². The Kier molecular flexibility index (Phi) is 5.50. The number of carboxylic acids is 1. The Bertz CT molecular complexity index is 535. The van der Waals surface area contributed by atoms with Crippen LogP contribution in [0.3, 0.4) is 0 Å². The topological polar surface area (TPSA) is 117 Å². The minimum Gasteiger partial charge on any atom is -0.495 e. The average molecular weight is 277 g/mol. The van der Waals surface area contributed by atoms with Gasteiger partial charge in [0.15, 0.2) is 0 Å². The molecule has 3 N–H and O–H groups in total. The predicted molar refractivity (Wildman–Crippen MR) is 69.8 cm³/mol. The van der Waals surface area contributed by atoms with Gasteiger partial charge in [-0.2, -0.15) is 5.26 Å². The van der Waals surface area contributed by atoms with E-state index in [1.165, 1.54) is 12.0 Å². The van der Waals surface area contributed by atoms with E-state index in [1.807, 2.05) is 6.07 Å². The summed E-state index contributed by atoms with van der Waals surface area (Å²) in [7, 11) is 1.46. The van der Waals surface area contributed by atoms with Crippen molar-refractivity contribution in [3.05, 3.63) is 29.3 Å². The molecule has 1 aromatic rings. The molecule has 0 bridgehead atoms. The number of methoxy groups -OCH3 is 1. The highest BCUT2D eigenvalue weighted by atomic mass is 16.5. The molecule has 7 nitrogen and oxygen atoms in total. The number of rotatable bonds is 7. The number of nitrogens with zero attached hydrogens (tertiary/aromatic N) is 2. The van der Waals surface area contributed by atoms with E-state index in [0.717, 1.165) is 0 Å². The fourth-order valence-electron chi connectivity index (χ4n) is 1.78. The van der Waals surface area contributed by atoms with Crippen LogP contribution in [0.5, 0.6) is 5.75 Å². The summed E-state index contributed by atoms with van der Waals surface area (Å²) in [6.07, 6.45) is 0. The maximum atomic E-state index is 10.9. The molecule has 0 unspecified atom stereocenters. The minimum absolute atomic E-state index is 0.166. The molecule has 0 aliphatic carbocycles. The van der Waals surface area contributed by atoms with Gasteiger partial charge >= 0.3 is 5.97 Å². The lowest BCUT2D eigenvalue weighted by molar-refractivity contribution is -0.138. The summed E-state index contributed by atoms with van der Waals surface area (Å²) >= 11 is 0. The Morgan fingerprint density at radius 3 is 2.65 bits per heavy atom. The number of hydrogen-bond donors (Lipinski definition) is 2. The smallest absolute Gasteiger partial charge is 0.317 e. The van der Waals surface area contributed by atoms with E-state index in [9.17, 15) is 9.59 Å². The van der Waals surface area contributed by atoms with Crippen LogP contribution >= 0.6 is 0 Å². The van der Waals surface area contributed by atoms with Crippen molar-refractivity contribution in [2.24, 2.45) is 5.73 Å². The number of hydrogen-bond acceptors (Lipinski definition) is 5. The van der Waals surface area contributed by atoms with E-state index >= 15 is 0 Å². The first kappa shape index (κ1) is 15.5. The molecule has 0 saturated carbocycles. The lowest BCUT2D eigenvalue weighted by Crippen LogP contribution is -2.36. The van der Waals surface area contributed by atoms with Crippen molar-refractivity contribution in [1.29, 1.82) is 5.26 Å². The summed E-state index contributed by atoms with van der Waals surface area (Å²) in [6, 6.07) is 6.91. The lowest BCUT2D eigenvalue weighted by atomic mass is 10.1. The maximum absolute atomic E-state index is 10.9. The van der Waals surface area contributed by atoms with Crippen molar-refractivity contribution < 1.29 is 19.4 Å². The first-order chi connectivity index (χ1) is 9.46. The molecule has 0 aromatic heterocycles. The van der Waals surface area contributed by atoms with Gasteiger partial charge in [-0.15, -0.1) is 0 Å². The van der Waals surface area contributed by atoms with Gasteiger partial charge in [0.05, 0.1) is 25.8 Å². The Morgan fingerprint density at radius 1 is 1.45 bits per heavy atom. The van der Waals surface area contributed by atoms with Crippen LogP contribution in [0.2, 0.25) is 0 Å². The summed E-state index contributed by atoms with van der Waals surface area (Å²) in [6.45, 7) is -0.273. The molecule has 106 valence electrons. The van der Waals surface area contributed by atoms with Gasteiger partial charge in [0.1, 0.15) is 11.8 Å². The lowest BCUT2D eigenvalue weighted by Gasteiger charge is -2.18. The zero-order valence-electron chi connectivity index (χ0n) is 11.0. The molecule has 1 rings (SSSR count). The second kappa shape index (κ2) is 7.11. The predicted octanol–water partition coefficient (Wildman–Crippen LogP) is -0.0612. The van der Waals surface area contributed by atoms with Crippen molar-refractivity contribution in [2.45, 2.75) is 6.54 Å². The Hall–Kier alpha value is -2.59. The summed E-state index contributed by atoms with van der Waals surface area (Å²) in [5, 5.41) is 17.8. The number of carboxylic acid groups (broad SMARTS) is 1. The average Bonchev–Trinajstić information content (AvgIpc) is 2.36. The number of nitrogens with two attached hydrogens (primary N) is 1. The molecule has 0 radical (unpaired) electrons. The normalized spacial score (nSPS) is 10.1. The standard InChI is InChI=1S/C13H15N3O4/c1-20-11-3-2-9(4-10(11)5-14)6-16(7-12(15)17)8-13(18)19/h2-4H,6-8H2,1H3,(H2,15,17)(H,18,19). The number of carbonyl (C=O) groups is 2.